The molecule has 1 saturated heterocycles. The second-order valence-electron chi connectivity index (χ2n) is 5.51. The van der Waals surface area contributed by atoms with Crippen molar-refractivity contribution in [1.29, 1.82) is 0 Å². The summed E-state index contributed by atoms with van der Waals surface area (Å²) in [6.45, 7) is 4.36. The fourth-order valence-corrected chi connectivity index (χ4v) is 3.53. The normalized spacial score (nSPS) is 18.1. The quantitative estimate of drug-likeness (QED) is 0.885. The first-order valence-electron chi connectivity index (χ1n) is 7.47. The van der Waals surface area contributed by atoms with Crippen LogP contribution >= 0.6 is 11.3 Å². The fourth-order valence-electron chi connectivity index (χ4n) is 2.85. The molecule has 0 radical (unpaired) electrons. The molecule has 2 heterocycles. The molecule has 4 heteroatoms. The average Bonchev–Trinajstić information content (AvgIpc) is 3.19. The van der Waals surface area contributed by atoms with Crippen LogP contribution in [0.5, 0.6) is 5.75 Å². The highest BCUT2D eigenvalue weighted by molar-refractivity contribution is 7.09. The van der Waals surface area contributed by atoms with Gasteiger partial charge in [0.1, 0.15) is 5.75 Å². The van der Waals surface area contributed by atoms with E-state index in [9.17, 15) is 0 Å². The van der Waals surface area contributed by atoms with Crippen LogP contribution in [0.1, 0.15) is 11.3 Å². The maximum atomic E-state index is 5.31. The lowest BCUT2D eigenvalue weighted by molar-refractivity contribution is 0.415. The van der Waals surface area contributed by atoms with Crippen molar-refractivity contribution >= 4 is 17.0 Å². The number of hydrogen-bond acceptors (Lipinski definition) is 4. The van der Waals surface area contributed by atoms with E-state index in [0.717, 1.165) is 37.8 Å². The van der Waals surface area contributed by atoms with E-state index in [4.69, 9.17) is 4.74 Å². The summed E-state index contributed by atoms with van der Waals surface area (Å²) in [5, 5.41) is 5.72. The van der Waals surface area contributed by atoms with Gasteiger partial charge in [0.2, 0.25) is 0 Å². The Bertz CT molecular complexity index is 556. The second kappa shape index (κ2) is 6.96. The van der Waals surface area contributed by atoms with Crippen LogP contribution in [0, 0.1) is 5.92 Å². The lowest BCUT2D eigenvalue weighted by Gasteiger charge is -2.19. The van der Waals surface area contributed by atoms with Gasteiger partial charge in [-0.15, -0.1) is 11.3 Å². The van der Waals surface area contributed by atoms with E-state index in [1.165, 1.54) is 17.0 Å². The van der Waals surface area contributed by atoms with Crippen LogP contribution in [-0.2, 0) is 6.54 Å². The summed E-state index contributed by atoms with van der Waals surface area (Å²) < 4.78 is 5.31. The molecule has 21 heavy (non-hydrogen) atoms. The first kappa shape index (κ1) is 14.4. The molecular weight excluding hydrogens is 280 g/mol. The number of hydrogen-bond donors (Lipinski definition) is 1. The van der Waals surface area contributed by atoms with E-state index in [1.54, 1.807) is 7.11 Å². The van der Waals surface area contributed by atoms with Crippen molar-refractivity contribution in [3.05, 3.63) is 46.7 Å². The van der Waals surface area contributed by atoms with Crippen LogP contribution in [0.2, 0.25) is 0 Å². The number of thiophene rings is 1. The van der Waals surface area contributed by atoms with Crippen molar-refractivity contribution in [2.45, 2.75) is 13.0 Å². The highest BCUT2D eigenvalue weighted by Crippen LogP contribution is 2.26. The molecule has 3 rings (SSSR count). The van der Waals surface area contributed by atoms with Gasteiger partial charge in [-0.3, -0.25) is 0 Å². The first-order valence-corrected chi connectivity index (χ1v) is 8.35. The van der Waals surface area contributed by atoms with E-state index in [1.807, 2.05) is 17.4 Å². The number of anilines is 1. The van der Waals surface area contributed by atoms with Crippen molar-refractivity contribution in [2.75, 3.05) is 31.6 Å². The van der Waals surface area contributed by atoms with Crippen LogP contribution < -0.4 is 15.0 Å². The molecule has 1 aliphatic rings. The Morgan fingerprint density at radius 3 is 3.10 bits per heavy atom. The van der Waals surface area contributed by atoms with E-state index in [2.05, 4.69) is 45.9 Å². The minimum Gasteiger partial charge on any atom is -0.497 e. The van der Waals surface area contributed by atoms with Gasteiger partial charge in [0.05, 0.1) is 7.11 Å². The standard InChI is InChI=1S/C17H22N2OS/c1-20-16-5-2-4-15(10-16)19-8-7-14(13-19)11-18-12-17-6-3-9-21-17/h2-6,9-10,14,18H,7-8,11-13H2,1H3/t14-/m1/s1. The molecule has 0 bridgehead atoms. The SMILES string of the molecule is COc1cccc(N2CC[C@H](CNCc3cccs3)C2)c1. The molecule has 1 atom stereocenters. The van der Waals surface area contributed by atoms with Crippen LogP contribution in [0.3, 0.4) is 0 Å². The van der Waals surface area contributed by atoms with Crippen LogP contribution in [0.25, 0.3) is 0 Å². The molecule has 1 aromatic carbocycles. The largest absolute Gasteiger partial charge is 0.497 e. The van der Waals surface area contributed by atoms with Crippen molar-refractivity contribution in [1.82, 2.24) is 5.32 Å². The highest BCUT2D eigenvalue weighted by atomic mass is 32.1. The molecular formula is C17H22N2OS. The summed E-state index contributed by atoms with van der Waals surface area (Å²) in [6.07, 6.45) is 1.26. The van der Waals surface area contributed by atoms with Gasteiger partial charge in [0.25, 0.3) is 0 Å². The van der Waals surface area contributed by atoms with Gasteiger partial charge in [-0.2, -0.15) is 0 Å². The molecule has 1 aromatic heterocycles. The van der Waals surface area contributed by atoms with Crippen molar-refractivity contribution in [3.63, 3.8) is 0 Å². The Balaban J connectivity index is 1.48. The van der Waals surface area contributed by atoms with Crippen LogP contribution in [0.15, 0.2) is 41.8 Å². The van der Waals surface area contributed by atoms with Gasteiger partial charge in [0, 0.05) is 42.8 Å². The summed E-state index contributed by atoms with van der Waals surface area (Å²) >= 11 is 1.82. The van der Waals surface area contributed by atoms with Crippen LogP contribution in [0.4, 0.5) is 5.69 Å². The van der Waals surface area contributed by atoms with Crippen molar-refractivity contribution < 1.29 is 4.74 Å². The molecule has 1 fully saturated rings. The number of nitrogens with one attached hydrogen (secondary N) is 1. The van der Waals surface area contributed by atoms with Crippen molar-refractivity contribution in [3.8, 4) is 5.75 Å². The summed E-state index contributed by atoms with van der Waals surface area (Å²) in [4.78, 5) is 3.87. The van der Waals surface area contributed by atoms with Gasteiger partial charge in [-0.05, 0) is 35.9 Å². The number of benzene rings is 1. The Labute approximate surface area is 130 Å². The Hall–Kier alpha value is -1.52. The maximum Gasteiger partial charge on any atom is 0.120 e. The monoisotopic (exact) mass is 302 g/mol. The zero-order valence-electron chi connectivity index (χ0n) is 12.4. The topological polar surface area (TPSA) is 24.5 Å². The minimum absolute atomic E-state index is 0.733. The zero-order valence-corrected chi connectivity index (χ0v) is 13.2. The number of nitrogens with zero attached hydrogens (tertiary/aromatic N) is 1. The third kappa shape index (κ3) is 3.77. The Morgan fingerprint density at radius 2 is 2.29 bits per heavy atom. The van der Waals surface area contributed by atoms with E-state index in [-0.39, 0.29) is 0 Å². The lowest BCUT2D eigenvalue weighted by Crippen LogP contribution is -2.26. The minimum atomic E-state index is 0.733. The average molecular weight is 302 g/mol. The van der Waals surface area contributed by atoms with Gasteiger partial charge in [0.15, 0.2) is 0 Å². The highest BCUT2D eigenvalue weighted by Gasteiger charge is 2.22. The molecule has 0 spiro atoms. The maximum absolute atomic E-state index is 5.31. The fraction of sp³-hybridized carbons (Fsp3) is 0.412. The van der Waals surface area contributed by atoms with Gasteiger partial charge < -0.3 is 15.0 Å². The van der Waals surface area contributed by atoms with Crippen LogP contribution in [-0.4, -0.2) is 26.7 Å². The summed E-state index contributed by atoms with van der Waals surface area (Å²) in [6, 6.07) is 12.7. The Morgan fingerprint density at radius 1 is 1.33 bits per heavy atom. The molecule has 112 valence electrons. The molecule has 0 amide bonds. The van der Waals surface area contributed by atoms with Crippen molar-refractivity contribution in [2.24, 2.45) is 5.92 Å². The van der Waals surface area contributed by atoms with Gasteiger partial charge in [-0.1, -0.05) is 12.1 Å². The third-order valence-electron chi connectivity index (χ3n) is 4.02. The predicted molar refractivity (Wildman–Crippen MR) is 89.3 cm³/mol. The third-order valence-corrected chi connectivity index (χ3v) is 4.89. The lowest BCUT2D eigenvalue weighted by atomic mass is 10.1. The number of ether oxygens (including phenoxy) is 1. The van der Waals surface area contributed by atoms with E-state index >= 15 is 0 Å². The molecule has 3 nitrogen and oxygen atoms in total. The number of rotatable bonds is 6. The predicted octanol–water partition coefficient (Wildman–Crippen LogP) is 3.37. The second-order valence-corrected chi connectivity index (χ2v) is 6.54. The number of methoxy groups -OCH3 is 1. The molecule has 1 N–H and O–H groups in total. The molecule has 0 unspecified atom stereocenters. The molecule has 1 aliphatic heterocycles. The van der Waals surface area contributed by atoms with Gasteiger partial charge in [-0.25, -0.2) is 0 Å². The molecule has 0 saturated carbocycles. The first-order chi connectivity index (χ1) is 10.3. The van der Waals surface area contributed by atoms with E-state index in [0.29, 0.717) is 0 Å². The smallest absolute Gasteiger partial charge is 0.120 e. The summed E-state index contributed by atoms with van der Waals surface area (Å²) in [5.74, 6) is 1.67. The summed E-state index contributed by atoms with van der Waals surface area (Å²) in [7, 11) is 1.72. The summed E-state index contributed by atoms with van der Waals surface area (Å²) in [5.41, 5.74) is 1.27. The zero-order chi connectivity index (χ0) is 14.5. The van der Waals surface area contributed by atoms with Gasteiger partial charge >= 0.3 is 0 Å². The van der Waals surface area contributed by atoms with E-state index < -0.39 is 0 Å². The molecule has 2 aromatic rings. The Kier molecular flexibility index (Phi) is 4.78. The molecule has 0 aliphatic carbocycles.